The van der Waals surface area contributed by atoms with Crippen molar-refractivity contribution in [3.05, 3.63) is 34.3 Å². The zero-order chi connectivity index (χ0) is 17.0. The molecule has 1 fully saturated rings. The molecule has 1 amide bonds. The maximum Gasteiger partial charge on any atom is 0.410 e. The van der Waals surface area contributed by atoms with E-state index < -0.39 is 5.60 Å². The summed E-state index contributed by atoms with van der Waals surface area (Å²) in [4.78, 5) is 14.2. The van der Waals surface area contributed by atoms with Crippen molar-refractivity contribution in [3.8, 4) is 0 Å². The van der Waals surface area contributed by atoms with Crippen molar-refractivity contribution in [1.29, 1.82) is 0 Å². The van der Waals surface area contributed by atoms with Gasteiger partial charge in [0.05, 0.1) is 0 Å². The van der Waals surface area contributed by atoms with E-state index in [1.54, 1.807) is 0 Å². The monoisotopic (exact) mass is 382 g/mol. The second-order valence-electron chi connectivity index (χ2n) is 7.12. The van der Waals surface area contributed by atoms with Gasteiger partial charge in [-0.15, -0.1) is 0 Å². The van der Waals surface area contributed by atoms with Crippen molar-refractivity contribution >= 4 is 22.0 Å². The summed E-state index contributed by atoms with van der Waals surface area (Å²) in [6.45, 7) is 9.43. The normalized spacial score (nSPS) is 19.7. The first-order valence-corrected chi connectivity index (χ1v) is 9.04. The Morgan fingerprint density at radius 3 is 2.78 bits per heavy atom. The highest BCUT2D eigenvalue weighted by Crippen LogP contribution is 2.24. The fourth-order valence-corrected chi connectivity index (χ4v) is 3.49. The molecule has 1 N–H and O–H groups in total. The lowest BCUT2D eigenvalue weighted by Crippen LogP contribution is -2.44. The van der Waals surface area contributed by atoms with Crippen LogP contribution in [0, 0.1) is 0 Å². The minimum atomic E-state index is -0.445. The van der Waals surface area contributed by atoms with Crippen molar-refractivity contribution in [2.45, 2.75) is 58.2 Å². The Balaban J connectivity index is 1.92. The predicted octanol–water partition coefficient (Wildman–Crippen LogP) is 4.50. The Kier molecular flexibility index (Phi) is 6.09. The molecule has 1 unspecified atom stereocenters. The smallest absolute Gasteiger partial charge is 0.410 e. The molecule has 0 bridgehead atoms. The van der Waals surface area contributed by atoms with E-state index in [1.807, 2.05) is 37.8 Å². The molecule has 1 aliphatic heterocycles. The van der Waals surface area contributed by atoms with Crippen LogP contribution in [0.15, 0.2) is 28.7 Å². The van der Waals surface area contributed by atoms with Crippen molar-refractivity contribution in [3.63, 3.8) is 0 Å². The third-order valence-corrected chi connectivity index (χ3v) is 4.76. The van der Waals surface area contributed by atoms with Gasteiger partial charge in [0.2, 0.25) is 0 Å². The van der Waals surface area contributed by atoms with Crippen molar-refractivity contribution in [2.24, 2.45) is 0 Å². The lowest BCUT2D eigenvalue weighted by atomic mass is 10.1. The molecule has 0 spiro atoms. The molecule has 2 atom stereocenters. The molecule has 1 heterocycles. The Bertz CT molecular complexity index is 542. The molecule has 0 saturated carbocycles. The second-order valence-corrected chi connectivity index (χ2v) is 7.98. The molecule has 1 aromatic carbocycles. The first kappa shape index (κ1) is 18.3. The van der Waals surface area contributed by atoms with E-state index in [0.717, 1.165) is 30.4 Å². The zero-order valence-corrected chi connectivity index (χ0v) is 16.0. The van der Waals surface area contributed by atoms with Crippen LogP contribution >= 0.6 is 15.9 Å². The van der Waals surface area contributed by atoms with E-state index in [0.29, 0.717) is 0 Å². The standard InChI is InChI=1S/C18H27BrN2O2/c1-13(15-9-5-6-10-16(15)19)20-12-14-8-7-11-21(14)17(22)23-18(2,3)4/h5-6,9-10,13-14,20H,7-8,11-12H2,1-4H3/t13-,14?/m1/s1. The number of likely N-dealkylation sites (tertiary alicyclic amines) is 1. The molecule has 2 rings (SSSR count). The number of ether oxygens (including phenoxy) is 1. The van der Waals surface area contributed by atoms with Crippen molar-refractivity contribution in [1.82, 2.24) is 10.2 Å². The highest BCUT2D eigenvalue weighted by molar-refractivity contribution is 9.10. The van der Waals surface area contributed by atoms with Gasteiger partial charge in [-0.25, -0.2) is 4.79 Å². The Hall–Kier alpha value is -1.07. The van der Waals surface area contributed by atoms with Gasteiger partial charge in [-0.2, -0.15) is 0 Å². The molecule has 1 aromatic rings. The molecular formula is C18H27BrN2O2. The van der Waals surface area contributed by atoms with Crippen LogP contribution in [0.25, 0.3) is 0 Å². The molecule has 5 heteroatoms. The van der Waals surface area contributed by atoms with Gasteiger partial charge in [0, 0.05) is 29.6 Å². The molecule has 0 radical (unpaired) electrons. The molecule has 0 aliphatic carbocycles. The van der Waals surface area contributed by atoms with Crippen LogP contribution in [0.5, 0.6) is 0 Å². The van der Waals surface area contributed by atoms with Gasteiger partial charge in [-0.1, -0.05) is 34.1 Å². The maximum atomic E-state index is 12.3. The SMILES string of the molecule is C[C@@H](NCC1CCCN1C(=O)OC(C)(C)C)c1ccccc1Br. The number of rotatable bonds is 4. The molecule has 128 valence electrons. The van der Waals surface area contributed by atoms with E-state index in [-0.39, 0.29) is 18.2 Å². The summed E-state index contributed by atoms with van der Waals surface area (Å²) in [5.74, 6) is 0. The van der Waals surface area contributed by atoms with Crippen LogP contribution in [-0.4, -0.2) is 35.7 Å². The number of amides is 1. The van der Waals surface area contributed by atoms with E-state index >= 15 is 0 Å². The van der Waals surface area contributed by atoms with Crippen LogP contribution in [0.3, 0.4) is 0 Å². The number of halogens is 1. The number of hydrogen-bond donors (Lipinski definition) is 1. The summed E-state index contributed by atoms with van der Waals surface area (Å²) in [7, 11) is 0. The average molecular weight is 383 g/mol. The third kappa shape index (κ3) is 5.21. The van der Waals surface area contributed by atoms with Gasteiger partial charge < -0.3 is 15.0 Å². The van der Waals surface area contributed by atoms with Gasteiger partial charge in [-0.3, -0.25) is 0 Å². The highest BCUT2D eigenvalue weighted by Gasteiger charge is 2.32. The van der Waals surface area contributed by atoms with Crippen molar-refractivity contribution < 1.29 is 9.53 Å². The summed E-state index contributed by atoms with van der Waals surface area (Å²) in [5, 5.41) is 3.55. The van der Waals surface area contributed by atoms with Crippen LogP contribution < -0.4 is 5.32 Å². The molecule has 1 aliphatic rings. The predicted molar refractivity (Wildman–Crippen MR) is 96.5 cm³/mol. The van der Waals surface area contributed by atoms with Crippen LogP contribution in [0.1, 0.15) is 52.1 Å². The van der Waals surface area contributed by atoms with Gasteiger partial charge in [0.1, 0.15) is 5.60 Å². The Labute approximate surface area is 147 Å². The number of carbonyl (C=O) groups is 1. The van der Waals surface area contributed by atoms with Crippen molar-refractivity contribution in [2.75, 3.05) is 13.1 Å². The summed E-state index contributed by atoms with van der Waals surface area (Å²) in [6, 6.07) is 8.65. The quantitative estimate of drug-likeness (QED) is 0.833. The Morgan fingerprint density at radius 1 is 1.43 bits per heavy atom. The fourth-order valence-electron chi connectivity index (χ4n) is 2.86. The van der Waals surface area contributed by atoms with Crippen LogP contribution in [0.4, 0.5) is 4.79 Å². The van der Waals surface area contributed by atoms with E-state index in [1.165, 1.54) is 5.56 Å². The van der Waals surface area contributed by atoms with Crippen LogP contribution in [-0.2, 0) is 4.74 Å². The van der Waals surface area contributed by atoms with E-state index in [2.05, 4.69) is 40.3 Å². The first-order chi connectivity index (χ1) is 10.8. The topological polar surface area (TPSA) is 41.6 Å². The summed E-state index contributed by atoms with van der Waals surface area (Å²) >= 11 is 3.59. The van der Waals surface area contributed by atoms with E-state index in [9.17, 15) is 4.79 Å². The fraction of sp³-hybridized carbons (Fsp3) is 0.611. The third-order valence-electron chi connectivity index (χ3n) is 4.04. The molecule has 0 aromatic heterocycles. The lowest BCUT2D eigenvalue weighted by Gasteiger charge is -2.29. The van der Waals surface area contributed by atoms with Gasteiger partial charge >= 0.3 is 6.09 Å². The summed E-state index contributed by atoms with van der Waals surface area (Å²) in [6.07, 6.45) is 1.86. The number of benzene rings is 1. The Morgan fingerprint density at radius 2 is 2.13 bits per heavy atom. The lowest BCUT2D eigenvalue weighted by molar-refractivity contribution is 0.0225. The van der Waals surface area contributed by atoms with Gasteiger partial charge in [0.25, 0.3) is 0 Å². The minimum absolute atomic E-state index is 0.199. The number of hydrogen-bond acceptors (Lipinski definition) is 3. The molecule has 4 nitrogen and oxygen atoms in total. The summed E-state index contributed by atoms with van der Waals surface area (Å²) in [5.41, 5.74) is 0.786. The molecule has 1 saturated heterocycles. The maximum absolute atomic E-state index is 12.3. The molecular weight excluding hydrogens is 356 g/mol. The summed E-state index contributed by atoms with van der Waals surface area (Å²) < 4.78 is 6.62. The highest BCUT2D eigenvalue weighted by atomic mass is 79.9. The number of carbonyl (C=O) groups excluding carboxylic acids is 1. The molecule has 23 heavy (non-hydrogen) atoms. The number of nitrogens with zero attached hydrogens (tertiary/aromatic N) is 1. The van der Waals surface area contributed by atoms with E-state index in [4.69, 9.17) is 4.74 Å². The van der Waals surface area contributed by atoms with Gasteiger partial charge in [-0.05, 0) is 52.2 Å². The largest absolute Gasteiger partial charge is 0.444 e. The first-order valence-electron chi connectivity index (χ1n) is 8.25. The zero-order valence-electron chi connectivity index (χ0n) is 14.4. The van der Waals surface area contributed by atoms with Crippen LogP contribution in [0.2, 0.25) is 0 Å². The second kappa shape index (κ2) is 7.67. The van der Waals surface area contributed by atoms with Gasteiger partial charge in [0.15, 0.2) is 0 Å². The average Bonchev–Trinajstić information content (AvgIpc) is 2.92. The number of nitrogens with one attached hydrogen (secondary N) is 1. The minimum Gasteiger partial charge on any atom is -0.444 e.